The average Bonchev–Trinajstić information content (AvgIpc) is 3.00. The van der Waals surface area contributed by atoms with E-state index >= 15 is 0 Å². The van der Waals surface area contributed by atoms with Crippen molar-refractivity contribution < 1.29 is 16.0 Å². The van der Waals surface area contributed by atoms with Crippen LogP contribution in [0.15, 0.2) is 44.3 Å². The van der Waals surface area contributed by atoms with E-state index in [4.69, 9.17) is 0 Å². The molecule has 1 unspecified atom stereocenters. The van der Waals surface area contributed by atoms with Crippen LogP contribution in [0.25, 0.3) is 0 Å². The molecule has 0 aromatic rings. The average molecular weight is 446 g/mol. The van der Waals surface area contributed by atoms with Crippen LogP contribution in [0.1, 0.15) is 19.8 Å². The zero-order valence-corrected chi connectivity index (χ0v) is 14.8. The summed E-state index contributed by atoms with van der Waals surface area (Å²) in [5, 5.41) is 2.35. The van der Waals surface area contributed by atoms with Gasteiger partial charge in [0, 0.05) is 0 Å². The molecule has 0 heterocycles. The van der Waals surface area contributed by atoms with Crippen molar-refractivity contribution >= 4 is 31.9 Å². The van der Waals surface area contributed by atoms with Crippen LogP contribution in [-0.2, 0) is 16.0 Å². The molecule has 95 valence electrons. The summed E-state index contributed by atoms with van der Waals surface area (Å²) in [6, 6.07) is 0. The monoisotopic (exact) mass is 445 g/mol. The third-order valence-corrected chi connectivity index (χ3v) is 10.5. The van der Waals surface area contributed by atoms with Gasteiger partial charge in [-0.15, -0.1) is 0 Å². The van der Waals surface area contributed by atoms with Gasteiger partial charge in [-0.2, -0.15) is 0 Å². The third-order valence-electron chi connectivity index (χ3n) is 2.87. The Kier molecular flexibility index (Phi) is 5.45. The molecule has 0 fully saturated rings. The van der Waals surface area contributed by atoms with Gasteiger partial charge >= 0.3 is 127 Å². The fourth-order valence-corrected chi connectivity index (χ4v) is 8.23. The summed E-state index contributed by atoms with van der Waals surface area (Å²) >= 11 is 6.43. The molecule has 0 saturated carbocycles. The molecule has 0 aromatic heterocycles. The molecule has 0 saturated heterocycles. The van der Waals surface area contributed by atoms with Crippen LogP contribution in [0.2, 0.25) is 5.02 Å². The van der Waals surface area contributed by atoms with Crippen LogP contribution < -0.4 is 0 Å². The molecule has 17 heavy (non-hydrogen) atoms. The van der Waals surface area contributed by atoms with Crippen molar-refractivity contribution in [3.8, 4) is 0 Å². The van der Waals surface area contributed by atoms with Crippen molar-refractivity contribution in [1.82, 2.24) is 0 Å². The van der Waals surface area contributed by atoms with Gasteiger partial charge in [-0.25, -0.2) is 0 Å². The van der Waals surface area contributed by atoms with Crippen LogP contribution >= 0.6 is 31.9 Å². The molecule has 2 aliphatic carbocycles. The maximum atomic E-state index is 3.78. The third kappa shape index (κ3) is 3.11. The molecule has 0 radical (unpaired) electrons. The summed E-state index contributed by atoms with van der Waals surface area (Å²) in [7, 11) is 0. The Bertz CT molecular complexity index is 404. The molecule has 0 amide bonds. The summed E-state index contributed by atoms with van der Waals surface area (Å²) in [4.78, 5) is 0.481. The summed E-state index contributed by atoms with van der Waals surface area (Å²) in [6.07, 6.45) is 13.9. The second-order valence-electron chi connectivity index (χ2n) is 3.89. The number of hydrogen-bond donors (Lipinski definition) is 0. The summed E-state index contributed by atoms with van der Waals surface area (Å²) in [5.41, 5.74) is 1.55. The Morgan fingerprint density at radius 1 is 1.35 bits per heavy atom. The molecule has 0 spiro atoms. The number of halogens is 2. The fourth-order valence-electron chi connectivity index (χ4n) is 2.08. The SMILES string of the molecule is C[CH2][Ru]([C]1=CC=CC1)[C]1=C(C(Br)CBr)C=CC1. The molecule has 0 nitrogen and oxygen atoms in total. The van der Waals surface area contributed by atoms with Crippen LogP contribution in [0.5, 0.6) is 0 Å². The van der Waals surface area contributed by atoms with Gasteiger partial charge in [-0.1, -0.05) is 0 Å². The van der Waals surface area contributed by atoms with E-state index in [1.807, 2.05) is 0 Å². The topological polar surface area (TPSA) is 0 Å². The van der Waals surface area contributed by atoms with Gasteiger partial charge in [-0.3, -0.25) is 0 Å². The van der Waals surface area contributed by atoms with Crippen molar-refractivity contribution in [2.75, 3.05) is 5.33 Å². The van der Waals surface area contributed by atoms with Gasteiger partial charge in [0.15, 0.2) is 0 Å². The minimum absolute atomic E-state index is 0.481. The van der Waals surface area contributed by atoms with Gasteiger partial charge in [-0.05, 0) is 0 Å². The summed E-state index contributed by atoms with van der Waals surface area (Å²) in [5.74, 6) is 0. The van der Waals surface area contributed by atoms with E-state index in [2.05, 4.69) is 69.2 Å². The van der Waals surface area contributed by atoms with Crippen molar-refractivity contribution in [3.05, 3.63) is 44.3 Å². The van der Waals surface area contributed by atoms with Crippen LogP contribution in [0, 0.1) is 0 Å². The van der Waals surface area contributed by atoms with E-state index in [9.17, 15) is 0 Å². The van der Waals surface area contributed by atoms with E-state index in [0.29, 0.717) is 4.83 Å². The number of allylic oxidation sites excluding steroid dienone is 8. The molecular weight excluding hydrogens is 429 g/mol. The van der Waals surface area contributed by atoms with E-state index < -0.39 is 16.0 Å². The molecule has 2 rings (SSSR count). The number of alkyl halides is 2. The van der Waals surface area contributed by atoms with Gasteiger partial charge in [0.1, 0.15) is 0 Å². The van der Waals surface area contributed by atoms with E-state index in [1.165, 1.54) is 17.9 Å². The maximum absolute atomic E-state index is 3.78. The predicted octanol–water partition coefficient (Wildman–Crippen LogP) is 5.26. The first-order valence-corrected chi connectivity index (χ1v) is 10.8. The minimum atomic E-state index is -0.929. The van der Waals surface area contributed by atoms with Gasteiger partial charge in [0.25, 0.3) is 0 Å². The van der Waals surface area contributed by atoms with Gasteiger partial charge in [0.2, 0.25) is 0 Å². The predicted molar refractivity (Wildman–Crippen MR) is 79.6 cm³/mol. The second kappa shape index (κ2) is 6.64. The fraction of sp³-hybridized carbons (Fsp3) is 0.429. The van der Waals surface area contributed by atoms with Crippen molar-refractivity contribution in [3.63, 3.8) is 0 Å². The van der Waals surface area contributed by atoms with Crippen LogP contribution in [0.3, 0.4) is 0 Å². The van der Waals surface area contributed by atoms with Gasteiger partial charge in [0.05, 0.1) is 0 Å². The quantitative estimate of drug-likeness (QED) is 0.400. The van der Waals surface area contributed by atoms with Crippen molar-refractivity contribution in [1.29, 1.82) is 0 Å². The Morgan fingerprint density at radius 3 is 2.76 bits per heavy atom. The Balaban J connectivity index is 2.24. The summed E-state index contributed by atoms with van der Waals surface area (Å²) in [6.45, 7) is 2.36. The normalized spacial score (nSPS) is 21.1. The molecule has 0 aromatic carbocycles. The first-order valence-electron chi connectivity index (χ1n) is 5.84. The Hall–Kier alpha value is 0.543. The first-order chi connectivity index (χ1) is 8.27. The Morgan fingerprint density at radius 2 is 2.18 bits per heavy atom. The molecule has 0 aliphatic heterocycles. The van der Waals surface area contributed by atoms with Gasteiger partial charge < -0.3 is 0 Å². The molecule has 3 heteroatoms. The summed E-state index contributed by atoms with van der Waals surface area (Å²) < 4.78 is 3.48. The zero-order chi connectivity index (χ0) is 12.3. The van der Waals surface area contributed by atoms with Crippen molar-refractivity contribution in [2.45, 2.75) is 29.6 Å². The molecule has 2 aliphatic rings. The molecular formula is C14H17Br2Ru. The number of hydrogen-bond acceptors (Lipinski definition) is 0. The first kappa shape index (κ1) is 14.0. The van der Waals surface area contributed by atoms with Crippen molar-refractivity contribution in [2.24, 2.45) is 0 Å². The molecule has 1 atom stereocenters. The molecule has 0 bridgehead atoms. The van der Waals surface area contributed by atoms with E-state index in [0.717, 1.165) is 5.33 Å². The van der Waals surface area contributed by atoms with E-state index in [-0.39, 0.29) is 0 Å². The molecule has 0 N–H and O–H groups in total. The zero-order valence-electron chi connectivity index (χ0n) is 9.90. The van der Waals surface area contributed by atoms with Crippen LogP contribution in [-0.4, -0.2) is 10.2 Å². The van der Waals surface area contributed by atoms with E-state index in [1.54, 1.807) is 13.9 Å². The number of rotatable bonds is 5. The van der Waals surface area contributed by atoms with Crippen LogP contribution in [0.4, 0.5) is 0 Å². The Labute approximate surface area is 126 Å². The second-order valence-corrected chi connectivity index (χ2v) is 10.7. The standard InChI is InChI=1S/C7H7Br2.C5H5.C2H5.Ru/c8-5-7(9)6-3-1-2-4-6;1-2-4-5-3-1;1-2;/h1,3,7H,2,5H2;1-3H,4H2;1H2,2H3;.